The van der Waals surface area contributed by atoms with E-state index in [1.165, 1.54) is 40.3 Å². The van der Waals surface area contributed by atoms with E-state index < -0.39 is 0 Å². The number of nitrogens with one attached hydrogen (secondary N) is 1. The van der Waals surface area contributed by atoms with Gasteiger partial charge in [-0.05, 0) is 48.9 Å². The van der Waals surface area contributed by atoms with Gasteiger partial charge in [-0.1, -0.05) is 29.2 Å². The molecule has 3 N–H and O–H groups in total. The highest BCUT2D eigenvalue weighted by molar-refractivity contribution is 7.99. The van der Waals surface area contributed by atoms with Gasteiger partial charge in [0.2, 0.25) is 11.1 Å². The molecule has 2 heterocycles. The number of aryl methyl sites for hydroxylation is 1. The summed E-state index contributed by atoms with van der Waals surface area (Å²) in [5, 5.41) is 11.7. The molecule has 0 aliphatic rings. The van der Waals surface area contributed by atoms with Crippen molar-refractivity contribution >= 4 is 44.4 Å². The fourth-order valence-corrected chi connectivity index (χ4v) is 4.21. The number of ether oxygens (including phenoxy) is 1. The van der Waals surface area contributed by atoms with E-state index >= 15 is 0 Å². The predicted octanol–water partition coefficient (Wildman–Crippen LogP) is 3.36. The second-order valence-corrected chi connectivity index (χ2v) is 8.31. The average Bonchev–Trinajstić information content (AvgIpc) is 3.28. The van der Waals surface area contributed by atoms with Crippen LogP contribution in [0.4, 0.5) is 9.52 Å². The molecule has 0 aliphatic heterocycles. The first-order chi connectivity index (χ1) is 14.5. The number of rotatable bonds is 7. The predicted molar refractivity (Wildman–Crippen MR) is 115 cm³/mol. The normalized spacial score (nSPS) is 11.0. The Kier molecular flexibility index (Phi) is 5.81. The number of hydrogen-bond donors (Lipinski definition) is 2. The number of anilines is 1. The van der Waals surface area contributed by atoms with E-state index in [1.807, 2.05) is 25.1 Å². The number of aromatic nitrogens is 4. The van der Waals surface area contributed by atoms with Gasteiger partial charge in [-0.15, -0.1) is 10.2 Å². The minimum absolute atomic E-state index is 0.0625. The Morgan fingerprint density at radius 2 is 2.07 bits per heavy atom. The Hall–Kier alpha value is -3.18. The summed E-state index contributed by atoms with van der Waals surface area (Å²) >= 11 is 2.58. The molecule has 11 heteroatoms. The van der Waals surface area contributed by atoms with Crippen molar-refractivity contribution in [1.29, 1.82) is 0 Å². The maximum absolute atomic E-state index is 12.9. The average molecular weight is 445 g/mol. The number of nitrogens with two attached hydrogens (primary N) is 1. The van der Waals surface area contributed by atoms with Crippen LogP contribution < -0.4 is 15.9 Å². The van der Waals surface area contributed by atoms with Gasteiger partial charge < -0.3 is 15.9 Å². The van der Waals surface area contributed by atoms with Crippen LogP contribution >= 0.6 is 23.1 Å². The molecule has 0 unspecified atom stereocenters. The molecule has 154 valence electrons. The molecular weight excluding hydrogens is 427 g/mol. The van der Waals surface area contributed by atoms with E-state index in [-0.39, 0.29) is 24.1 Å². The van der Waals surface area contributed by atoms with Gasteiger partial charge in [0, 0.05) is 0 Å². The van der Waals surface area contributed by atoms with E-state index in [9.17, 15) is 9.18 Å². The van der Waals surface area contributed by atoms with Crippen LogP contribution in [0.15, 0.2) is 47.6 Å². The van der Waals surface area contributed by atoms with Crippen LogP contribution in [0.1, 0.15) is 11.4 Å². The van der Waals surface area contributed by atoms with Crippen molar-refractivity contribution in [2.45, 2.75) is 18.7 Å². The number of hydrogen-bond acceptors (Lipinski definition) is 8. The van der Waals surface area contributed by atoms with Crippen LogP contribution in [0.2, 0.25) is 0 Å². The Labute approximate surface area is 179 Å². The summed E-state index contributed by atoms with van der Waals surface area (Å²) in [6, 6.07) is 11.6. The van der Waals surface area contributed by atoms with Crippen LogP contribution in [0.25, 0.3) is 10.2 Å². The third-order valence-electron chi connectivity index (χ3n) is 4.04. The lowest BCUT2D eigenvalue weighted by Gasteiger charge is -2.06. The first-order valence-electron chi connectivity index (χ1n) is 8.85. The Morgan fingerprint density at radius 3 is 2.87 bits per heavy atom. The molecule has 1 amide bonds. The largest absolute Gasteiger partial charge is 0.486 e. The molecule has 4 aromatic rings. The smallest absolute Gasteiger partial charge is 0.236 e. The SMILES string of the molecule is Cc1ccc2nc(NC(=O)CSc3nnc(COc4ccc(F)cc4)n3N)sc2c1. The number of nitrogens with zero attached hydrogens (tertiary/aromatic N) is 4. The summed E-state index contributed by atoms with van der Waals surface area (Å²) in [4.78, 5) is 16.7. The molecule has 2 aromatic carbocycles. The van der Waals surface area contributed by atoms with Crippen molar-refractivity contribution in [3.05, 3.63) is 59.7 Å². The molecule has 2 aromatic heterocycles. The van der Waals surface area contributed by atoms with Crippen molar-refractivity contribution in [1.82, 2.24) is 19.9 Å². The summed E-state index contributed by atoms with van der Waals surface area (Å²) in [6.45, 7) is 2.07. The highest BCUT2D eigenvalue weighted by atomic mass is 32.2. The van der Waals surface area contributed by atoms with Crippen molar-refractivity contribution in [3.8, 4) is 5.75 Å². The highest BCUT2D eigenvalue weighted by Crippen LogP contribution is 2.27. The van der Waals surface area contributed by atoms with Gasteiger partial charge in [-0.3, -0.25) is 4.79 Å². The topological polar surface area (TPSA) is 108 Å². The lowest BCUT2D eigenvalue weighted by molar-refractivity contribution is -0.113. The van der Waals surface area contributed by atoms with Gasteiger partial charge >= 0.3 is 0 Å². The summed E-state index contributed by atoms with van der Waals surface area (Å²) in [5.74, 6) is 6.38. The Morgan fingerprint density at radius 1 is 1.27 bits per heavy atom. The maximum Gasteiger partial charge on any atom is 0.236 e. The molecule has 0 fully saturated rings. The van der Waals surface area contributed by atoms with E-state index in [0.717, 1.165) is 27.5 Å². The highest BCUT2D eigenvalue weighted by Gasteiger charge is 2.14. The standard InChI is InChI=1S/C19H17FN6O2S2/c1-11-2-7-14-15(8-11)30-18(22-14)23-17(27)10-29-19-25-24-16(26(19)21)9-28-13-5-3-12(20)4-6-13/h2-8H,9-10,21H2,1H3,(H,22,23,27). The van der Waals surface area contributed by atoms with E-state index in [1.54, 1.807) is 0 Å². The molecule has 0 spiro atoms. The van der Waals surface area contributed by atoms with Crippen LogP contribution in [-0.2, 0) is 11.4 Å². The number of fused-ring (bicyclic) bond motifs is 1. The summed E-state index contributed by atoms with van der Waals surface area (Å²) in [5.41, 5.74) is 1.99. The number of carbonyl (C=O) groups is 1. The quantitative estimate of drug-likeness (QED) is 0.332. The number of thiazole rings is 1. The third-order valence-corrected chi connectivity index (χ3v) is 5.92. The number of halogens is 1. The molecule has 30 heavy (non-hydrogen) atoms. The van der Waals surface area contributed by atoms with Crippen molar-refractivity contribution in [2.75, 3.05) is 16.9 Å². The van der Waals surface area contributed by atoms with Gasteiger partial charge in [0.1, 0.15) is 18.2 Å². The summed E-state index contributed by atoms with van der Waals surface area (Å²) in [7, 11) is 0. The second-order valence-electron chi connectivity index (χ2n) is 6.34. The third kappa shape index (κ3) is 4.69. The fourth-order valence-electron chi connectivity index (χ4n) is 2.55. The number of thioether (sulfide) groups is 1. The van der Waals surface area contributed by atoms with E-state index in [0.29, 0.717) is 21.9 Å². The Balaban J connectivity index is 1.31. The zero-order valence-corrected chi connectivity index (χ0v) is 17.5. The summed E-state index contributed by atoms with van der Waals surface area (Å²) < 4.78 is 20.7. The molecule has 0 aliphatic carbocycles. The van der Waals surface area contributed by atoms with Crippen molar-refractivity contribution in [3.63, 3.8) is 0 Å². The van der Waals surface area contributed by atoms with Gasteiger partial charge in [-0.25, -0.2) is 14.1 Å². The zero-order chi connectivity index (χ0) is 21.1. The van der Waals surface area contributed by atoms with Gasteiger partial charge in [-0.2, -0.15) is 0 Å². The first-order valence-corrected chi connectivity index (χ1v) is 10.7. The molecule has 0 saturated carbocycles. The molecule has 8 nitrogen and oxygen atoms in total. The minimum atomic E-state index is -0.345. The lowest BCUT2D eigenvalue weighted by Crippen LogP contribution is -2.18. The van der Waals surface area contributed by atoms with E-state index in [2.05, 4.69) is 20.5 Å². The molecule has 0 saturated heterocycles. The van der Waals surface area contributed by atoms with E-state index in [4.69, 9.17) is 10.6 Å². The van der Waals surface area contributed by atoms with Crippen LogP contribution in [0.3, 0.4) is 0 Å². The van der Waals surface area contributed by atoms with Crippen molar-refractivity contribution in [2.24, 2.45) is 0 Å². The fraction of sp³-hybridized carbons (Fsp3) is 0.158. The van der Waals surface area contributed by atoms with Crippen LogP contribution in [0, 0.1) is 12.7 Å². The van der Waals surface area contributed by atoms with Gasteiger partial charge in [0.15, 0.2) is 11.0 Å². The summed E-state index contributed by atoms with van der Waals surface area (Å²) in [6.07, 6.45) is 0. The molecular formula is C19H17FN6O2S2. The maximum atomic E-state index is 12.9. The number of amides is 1. The van der Waals surface area contributed by atoms with Crippen LogP contribution in [-0.4, -0.2) is 31.5 Å². The number of benzene rings is 2. The first kappa shape index (κ1) is 20.1. The molecule has 0 bridgehead atoms. The van der Waals surface area contributed by atoms with Crippen molar-refractivity contribution < 1.29 is 13.9 Å². The second kappa shape index (κ2) is 8.67. The minimum Gasteiger partial charge on any atom is -0.486 e. The monoisotopic (exact) mass is 444 g/mol. The molecule has 0 radical (unpaired) electrons. The lowest BCUT2D eigenvalue weighted by atomic mass is 10.2. The van der Waals surface area contributed by atoms with Gasteiger partial charge in [0.05, 0.1) is 16.0 Å². The van der Waals surface area contributed by atoms with Gasteiger partial charge in [0.25, 0.3) is 0 Å². The van der Waals surface area contributed by atoms with Crippen LogP contribution in [0.5, 0.6) is 5.75 Å². The molecule has 0 atom stereocenters. The number of nitrogen functional groups attached to an aromatic ring is 1. The zero-order valence-electron chi connectivity index (χ0n) is 15.8. The molecule has 4 rings (SSSR count). The Bertz CT molecular complexity index is 1190. The number of carbonyl (C=O) groups excluding carboxylic acids is 1.